The molecular weight excluding hydrogens is 410 g/mol. The Balaban J connectivity index is 1.13. The third-order valence-electron chi connectivity index (χ3n) is 8.74. The minimum absolute atomic E-state index is 0.110. The molecule has 2 aromatic rings. The van der Waals surface area contributed by atoms with Crippen LogP contribution in [0, 0.1) is 17.8 Å². The Kier molecular flexibility index (Phi) is 6.52. The van der Waals surface area contributed by atoms with Gasteiger partial charge in [-0.1, -0.05) is 42.5 Å². The summed E-state index contributed by atoms with van der Waals surface area (Å²) in [5, 5.41) is 21.2. The molecule has 4 fully saturated rings. The summed E-state index contributed by atoms with van der Waals surface area (Å²) in [5.41, 5.74) is 2.80. The summed E-state index contributed by atoms with van der Waals surface area (Å²) < 4.78 is 5.93. The number of hydrogen-bond acceptors (Lipinski definition) is 4. The van der Waals surface area contributed by atoms with Gasteiger partial charge in [-0.3, -0.25) is 4.90 Å². The van der Waals surface area contributed by atoms with Crippen molar-refractivity contribution in [2.45, 2.75) is 69.1 Å². The zero-order valence-corrected chi connectivity index (χ0v) is 20.1. The van der Waals surface area contributed by atoms with E-state index in [1.807, 2.05) is 49.2 Å². The maximum Gasteiger partial charge on any atom is 0.119 e. The van der Waals surface area contributed by atoms with E-state index in [2.05, 4.69) is 24.3 Å². The van der Waals surface area contributed by atoms with Gasteiger partial charge in [0.1, 0.15) is 18.5 Å². The van der Waals surface area contributed by atoms with Crippen LogP contribution >= 0.6 is 0 Å². The smallest absolute Gasteiger partial charge is 0.119 e. The molecule has 0 spiro atoms. The van der Waals surface area contributed by atoms with E-state index in [4.69, 9.17) is 4.74 Å². The summed E-state index contributed by atoms with van der Waals surface area (Å²) in [6, 6.07) is 18.3. The monoisotopic (exact) mass is 449 g/mol. The highest BCUT2D eigenvalue weighted by atomic mass is 16.5. The first-order chi connectivity index (χ1) is 15.9. The molecular formula is C29H39NO3. The van der Waals surface area contributed by atoms with Crippen LogP contribution in [0.3, 0.4) is 0 Å². The lowest BCUT2D eigenvalue weighted by Gasteiger charge is -2.57. The molecule has 0 radical (unpaired) electrons. The molecule has 2 aromatic carbocycles. The van der Waals surface area contributed by atoms with Crippen molar-refractivity contribution < 1.29 is 14.9 Å². The molecule has 4 aliphatic carbocycles. The standard InChI is InChI=1S/C29H39NO3/c1-20(28(32)24-6-4-3-5-7-24)30(2)18-26(31)19-33-27-10-8-25(9-11-27)29-15-21-12-22(16-29)14-23(13-21)17-29/h3-11,20-23,26,28,31-32H,12-19H2,1-2H3/t20-,21?,22?,23?,26?,28-,29?/m0/s1. The number of rotatable bonds is 9. The van der Waals surface area contributed by atoms with Gasteiger partial charge >= 0.3 is 0 Å². The molecule has 2 N–H and O–H groups in total. The summed E-state index contributed by atoms with van der Waals surface area (Å²) in [7, 11) is 1.93. The van der Waals surface area contributed by atoms with Crippen molar-refractivity contribution in [3.63, 3.8) is 0 Å². The molecule has 0 saturated heterocycles. The molecule has 6 rings (SSSR count). The average Bonchev–Trinajstić information content (AvgIpc) is 2.82. The van der Waals surface area contributed by atoms with Crippen LogP contribution in [0.5, 0.6) is 5.75 Å². The minimum atomic E-state index is -0.622. The third-order valence-corrected chi connectivity index (χ3v) is 8.74. The van der Waals surface area contributed by atoms with Gasteiger partial charge in [-0.2, -0.15) is 0 Å². The fourth-order valence-corrected chi connectivity index (χ4v) is 7.28. The van der Waals surface area contributed by atoms with Gasteiger partial charge in [0.05, 0.1) is 6.10 Å². The van der Waals surface area contributed by atoms with E-state index in [1.165, 1.54) is 44.1 Å². The van der Waals surface area contributed by atoms with Crippen LogP contribution in [0.4, 0.5) is 0 Å². The zero-order valence-electron chi connectivity index (χ0n) is 20.1. The molecule has 4 bridgehead atoms. The Morgan fingerprint density at radius 2 is 1.48 bits per heavy atom. The van der Waals surface area contributed by atoms with Gasteiger partial charge in [-0.25, -0.2) is 0 Å². The zero-order chi connectivity index (χ0) is 23.0. The van der Waals surface area contributed by atoms with Crippen molar-refractivity contribution in [2.24, 2.45) is 17.8 Å². The van der Waals surface area contributed by atoms with Crippen LogP contribution in [0.2, 0.25) is 0 Å². The number of ether oxygens (including phenoxy) is 1. The fraction of sp³-hybridized carbons (Fsp3) is 0.586. The minimum Gasteiger partial charge on any atom is -0.491 e. The van der Waals surface area contributed by atoms with E-state index in [0.29, 0.717) is 12.0 Å². The summed E-state index contributed by atoms with van der Waals surface area (Å²) in [5.74, 6) is 3.66. The van der Waals surface area contributed by atoms with Crippen molar-refractivity contribution in [2.75, 3.05) is 20.2 Å². The normalized spacial score (nSPS) is 30.9. The van der Waals surface area contributed by atoms with Crippen LogP contribution in [0.25, 0.3) is 0 Å². The van der Waals surface area contributed by atoms with Crippen LogP contribution in [-0.4, -0.2) is 47.5 Å². The molecule has 4 heteroatoms. The number of benzene rings is 2. The first-order valence-electron chi connectivity index (χ1n) is 12.8. The Morgan fingerprint density at radius 3 is 2.06 bits per heavy atom. The van der Waals surface area contributed by atoms with Gasteiger partial charge in [0, 0.05) is 12.6 Å². The average molecular weight is 450 g/mol. The second-order valence-electron chi connectivity index (χ2n) is 11.2. The van der Waals surface area contributed by atoms with Crippen molar-refractivity contribution in [3.8, 4) is 5.75 Å². The van der Waals surface area contributed by atoms with Crippen LogP contribution < -0.4 is 4.74 Å². The van der Waals surface area contributed by atoms with E-state index in [9.17, 15) is 10.2 Å². The van der Waals surface area contributed by atoms with Gasteiger partial charge in [0.25, 0.3) is 0 Å². The molecule has 33 heavy (non-hydrogen) atoms. The van der Waals surface area contributed by atoms with E-state index in [1.54, 1.807) is 0 Å². The van der Waals surface area contributed by atoms with Crippen LogP contribution in [0.1, 0.15) is 62.7 Å². The van der Waals surface area contributed by atoms with Crippen molar-refractivity contribution in [3.05, 3.63) is 65.7 Å². The quantitative estimate of drug-likeness (QED) is 0.569. The molecule has 4 aliphatic rings. The first-order valence-corrected chi connectivity index (χ1v) is 12.8. The molecule has 0 heterocycles. The number of aliphatic hydroxyl groups is 2. The molecule has 3 atom stereocenters. The molecule has 4 nitrogen and oxygen atoms in total. The molecule has 1 unspecified atom stereocenters. The van der Waals surface area contributed by atoms with Gasteiger partial charge in [0.15, 0.2) is 0 Å². The SMILES string of the molecule is C[C@@H]([C@H](O)c1ccccc1)N(C)CC(O)COc1ccc(C23CC4CC(CC(C4)C2)C3)cc1. The Morgan fingerprint density at radius 1 is 0.909 bits per heavy atom. The number of aliphatic hydroxyl groups excluding tert-OH is 2. The second kappa shape index (κ2) is 9.40. The largest absolute Gasteiger partial charge is 0.491 e. The Bertz CT molecular complexity index is 877. The fourth-order valence-electron chi connectivity index (χ4n) is 7.28. The Labute approximate surface area is 198 Å². The molecule has 178 valence electrons. The van der Waals surface area contributed by atoms with Crippen LogP contribution in [0.15, 0.2) is 54.6 Å². The van der Waals surface area contributed by atoms with E-state index in [-0.39, 0.29) is 12.6 Å². The number of likely N-dealkylation sites (N-methyl/N-ethyl adjacent to an activating group) is 1. The predicted octanol–water partition coefficient (Wildman–Crippen LogP) is 4.95. The lowest BCUT2D eigenvalue weighted by Crippen LogP contribution is -2.48. The highest BCUT2D eigenvalue weighted by Crippen LogP contribution is 2.60. The van der Waals surface area contributed by atoms with E-state index >= 15 is 0 Å². The second-order valence-corrected chi connectivity index (χ2v) is 11.2. The maximum atomic E-state index is 10.6. The summed E-state index contributed by atoms with van der Waals surface area (Å²) in [6.07, 6.45) is 7.30. The number of hydrogen-bond donors (Lipinski definition) is 2. The predicted molar refractivity (Wildman–Crippen MR) is 131 cm³/mol. The lowest BCUT2D eigenvalue weighted by atomic mass is 9.48. The molecule has 0 aliphatic heterocycles. The molecule has 4 saturated carbocycles. The summed E-state index contributed by atoms with van der Waals surface area (Å²) in [4.78, 5) is 1.99. The van der Waals surface area contributed by atoms with Gasteiger partial charge in [-0.05, 0) is 98.9 Å². The lowest BCUT2D eigenvalue weighted by molar-refractivity contribution is -0.00523. The maximum absolute atomic E-state index is 10.6. The summed E-state index contributed by atoms with van der Waals surface area (Å²) in [6.45, 7) is 2.67. The van der Waals surface area contributed by atoms with Crippen molar-refractivity contribution >= 4 is 0 Å². The van der Waals surface area contributed by atoms with Crippen LogP contribution in [-0.2, 0) is 5.41 Å². The van der Waals surface area contributed by atoms with Crippen molar-refractivity contribution in [1.29, 1.82) is 0 Å². The van der Waals surface area contributed by atoms with E-state index in [0.717, 1.165) is 29.1 Å². The first kappa shape index (κ1) is 22.9. The van der Waals surface area contributed by atoms with Gasteiger partial charge in [0.2, 0.25) is 0 Å². The topological polar surface area (TPSA) is 52.9 Å². The molecule has 0 aromatic heterocycles. The highest BCUT2D eigenvalue weighted by molar-refractivity contribution is 5.34. The third kappa shape index (κ3) is 4.84. The Hall–Kier alpha value is -1.88. The van der Waals surface area contributed by atoms with Crippen molar-refractivity contribution in [1.82, 2.24) is 4.90 Å². The van der Waals surface area contributed by atoms with Gasteiger partial charge < -0.3 is 14.9 Å². The van der Waals surface area contributed by atoms with Gasteiger partial charge in [-0.15, -0.1) is 0 Å². The summed E-state index contributed by atoms with van der Waals surface area (Å²) >= 11 is 0. The number of nitrogens with zero attached hydrogens (tertiary/aromatic N) is 1. The van der Waals surface area contributed by atoms with E-state index < -0.39 is 12.2 Å². The highest BCUT2D eigenvalue weighted by Gasteiger charge is 2.51. The molecule has 0 amide bonds.